The molecule has 4 aromatic carbocycles. The largest absolute Gasteiger partial charge is 0.355 e. The molecule has 1 aliphatic heterocycles. The molecule has 4 aromatic rings. The van der Waals surface area contributed by atoms with Crippen LogP contribution in [0.3, 0.4) is 0 Å². The van der Waals surface area contributed by atoms with Crippen molar-refractivity contribution < 1.29 is 0 Å². The van der Waals surface area contributed by atoms with Crippen LogP contribution in [0.2, 0.25) is 0 Å². The average Bonchev–Trinajstić information content (AvgIpc) is 2.77. The molecule has 1 nitrogen and oxygen atoms in total. The lowest BCUT2D eigenvalue weighted by Crippen LogP contribution is -2.40. The maximum atomic E-state index is 3.74. The van der Waals surface area contributed by atoms with E-state index in [1.165, 1.54) is 50.3 Å². The van der Waals surface area contributed by atoms with Gasteiger partial charge in [-0.05, 0) is 58.0 Å². The molecule has 1 heteroatoms. The van der Waals surface area contributed by atoms with E-state index < -0.39 is 0 Å². The van der Waals surface area contributed by atoms with Crippen LogP contribution in [0.15, 0.2) is 91.0 Å². The number of fused-ring (bicyclic) bond motifs is 4. The predicted molar refractivity (Wildman–Crippen MR) is 120 cm³/mol. The van der Waals surface area contributed by atoms with Crippen LogP contribution in [-0.2, 0) is 5.41 Å². The molecule has 0 radical (unpaired) electrons. The second-order valence-corrected chi connectivity index (χ2v) is 8.31. The van der Waals surface area contributed by atoms with Gasteiger partial charge in [0, 0.05) is 17.3 Å². The molecule has 0 spiro atoms. The summed E-state index contributed by atoms with van der Waals surface area (Å²) in [6, 6.07) is 33.5. The Morgan fingerprint density at radius 2 is 1.24 bits per heavy atom. The van der Waals surface area contributed by atoms with Crippen molar-refractivity contribution in [2.24, 2.45) is 0 Å². The maximum absolute atomic E-state index is 3.74. The first-order chi connectivity index (χ1) is 14.2. The van der Waals surface area contributed by atoms with E-state index in [2.05, 4.69) is 110 Å². The minimum atomic E-state index is -0.303. The molecular weight excluding hydrogens is 350 g/mol. The van der Waals surface area contributed by atoms with Gasteiger partial charge in [-0.15, -0.1) is 0 Å². The van der Waals surface area contributed by atoms with Gasteiger partial charge in [-0.25, -0.2) is 0 Å². The second kappa shape index (κ2) is 5.84. The molecule has 1 heterocycles. The number of hydrogen-bond donors (Lipinski definition) is 1. The number of benzene rings is 4. The van der Waals surface area contributed by atoms with E-state index in [0.717, 1.165) is 0 Å². The molecule has 6 rings (SSSR count). The summed E-state index contributed by atoms with van der Waals surface area (Å²) in [5.41, 5.74) is 11.8. The van der Waals surface area contributed by atoms with Gasteiger partial charge in [0.2, 0.25) is 0 Å². The zero-order valence-corrected chi connectivity index (χ0v) is 16.7. The van der Waals surface area contributed by atoms with Crippen LogP contribution >= 0.6 is 0 Å². The Morgan fingerprint density at radius 3 is 2.07 bits per heavy atom. The highest BCUT2D eigenvalue weighted by atomic mass is 14.9. The average molecular weight is 373 g/mol. The van der Waals surface area contributed by atoms with E-state index in [0.29, 0.717) is 5.92 Å². The smallest absolute Gasteiger partial charge is 0.0750 e. The summed E-state index contributed by atoms with van der Waals surface area (Å²) in [4.78, 5) is 0. The fraction of sp³-hybridized carbons (Fsp3) is 0.143. The van der Waals surface area contributed by atoms with Crippen LogP contribution in [0.4, 0.5) is 11.4 Å². The summed E-state index contributed by atoms with van der Waals surface area (Å²) < 4.78 is 0. The molecule has 2 atom stereocenters. The Bertz CT molecular complexity index is 1260. The summed E-state index contributed by atoms with van der Waals surface area (Å²) in [7, 11) is 0. The summed E-state index contributed by atoms with van der Waals surface area (Å²) >= 11 is 0. The Hall–Kier alpha value is -3.32. The van der Waals surface area contributed by atoms with Crippen molar-refractivity contribution >= 4 is 11.4 Å². The van der Waals surface area contributed by atoms with Crippen molar-refractivity contribution in [1.29, 1.82) is 0 Å². The second-order valence-electron chi connectivity index (χ2n) is 8.31. The predicted octanol–water partition coefficient (Wildman–Crippen LogP) is 6.90. The van der Waals surface area contributed by atoms with Gasteiger partial charge in [0.1, 0.15) is 0 Å². The number of hydrogen-bond acceptors (Lipinski definition) is 1. The minimum Gasteiger partial charge on any atom is -0.355 e. The molecular formula is C28H23N. The van der Waals surface area contributed by atoms with Crippen LogP contribution in [0.5, 0.6) is 0 Å². The Balaban J connectivity index is 1.89. The minimum absolute atomic E-state index is 0.303. The van der Waals surface area contributed by atoms with Crippen LogP contribution in [0.25, 0.3) is 0 Å². The van der Waals surface area contributed by atoms with E-state index >= 15 is 0 Å². The van der Waals surface area contributed by atoms with Gasteiger partial charge >= 0.3 is 0 Å². The molecule has 2 aliphatic rings. The third-order valence-electron chi connectivity index (χ3n) is 6.92. The first-order valence-electron chi connectivity index (χ1n) is 10.4. The monoisotopic (exact) mass is 373 g/mol. The summed E-state index contributed by atoms with van der Waals surface area (Å²) in [5.74, 6) is 0.366. The normalized spacial score (nSPS) is 20.8. The fourth-order valence-electron chi connectivity index (χ4n) is 5.73. The topological polar surface area (TPSA) is 12.0 Å². The molecule has 1 aliphatic carbocycles. The molecule has 140 valence electrons. The van der Waals surface area contributed by atoms with Gasteiger partial charge in [0.15, 0.2) is 0 Å². The van der Waals surface area contributed by atoms with Crippen molar-refractivity contribution in [1.82, 2.24) is 0 Å². The molecule has 0 saturated carbocycles. The van der Waals surface area contributed by atoms with Gasteiger partial charge in [-0.3, -0.25) is 0 Å². The van der Waals surface area contributed by atoms with Crippen molar-refractivity contribution in [2.45, 2.75) is 25.2 Å². The fourth-order valence-corrected chi connectivity index (χ4v) is 5.73. The molecule has 0 saturated heterocycles. The van der Waals surface area contributed by atoms with Crippen molar-refractivity contribution in [3.05, 3.63) is 130 Å². The number of aryl methyl sites for hydroxylation is 1. The van der Waals surface area contributed by atoms with Gasteiger partial charge in [0.05, 0.1) is 5.41 Å². The lowest BCUT2D eigenvalue weighted by Gasteiger charge is -2.49. The maximum Gasteiger partial charge on any atom is 0.0750 e. The zero-order valence-electron chi connectivity index (χ0n) is 16.7. The molecule has 0 bridgehead atoms. The summed E-state index contributed by atoms with van der Waals surface area (Å²) in [6.07, 6.45) is 0. The van der Waals surface area contributed by atoms with Crippen molar-refractivity contribution in [2.75, 3.05) is 5.32 Å². The third-order valence-corrected chi connectivity index (χ3v) is 6.92. The highest BCUT2D eigenvalue weighted by molar-refractivity contribution is 5.85. The molecule has 0 aromatic heterocycles. The Morgan fingerprint density at radius 1 is 0.621 bits per heavy atom. The molecule has 0 fully saturated rings. The van der Waals surface area contributed by atoms with Gasteiger partial charge < -0.3 is 5.32 Å². The molecule has 1 N–H and O–H groups in total. The SMILES string of the molecule is Cc1ccccc1C12c3ccccc3Nc3cccc(c31)C(C)c1ccccc12. The quantitative estimate of drug-likeness (QED) is 0.337. The van der Waals surface area contributed by atoms with E-state index in [1.54, 1.807) is 0 Å². The Kier molecular flexibility index (Phi) is 3.35. The number of rotatable bonds is 1. The highest BCUT2D eigenvalue weighted by Crippen LogP contribution is 2.60. The van der Waals surface area contributed by atoms with Gasteiger partial charge in [-0.2, -0.15) is 0 Å². The molecule has 2 unspecified atom stereocenters. The Labute approximate surface area is 172 Å². The standard InChI is InChI=1S/C28H23N/c1-18-10-3-5-13-22(18)28-23-14-6-4-11-20(23)19(2)21-12-9-17-26(27(21)28)29-25-16-8-7-15-24(25)28/h3-17,19,29H,1-2H3. The van der Waals surface area contributed by atoms with Crippen LogP contribution in [0.1, 0.15) is 51.8 Å². The van der Waals surface area contributed by atoms with E-state index in [1.807, 2.05) is 0 Å². The van der Waals surface area contributed by atoms with Gasteiger partial charge in [0.25, 0.3) is 0 Å². The molecule has 29 heavy (non-hydrogen) atoms. The van der Waals surface area contributed by atoms with E-state index in [9.17, 15) is 0 Å². The summed E-state index contributed by atoms with van der Waals surface area (Å²) in [6.45, 7) is 4.59. The lowest BCUT2D eigenvalue weighted by atomic mass is 9.55. The van der Waals surface area contributed by atoms with Crippen LogP contribution in [-0.4, -0.2) is 0 Å². The van der Waals surface area contributed by atoms with E-state index in [4.69, 9.17) is 0 Å². The lowest BCUT2D eigenvalue weighted by molar-refractivity contribution is 0.664. The highest BCUT2D eigenvalue weighted by Gasteiger charge is 2.50. The van der Waals surface area contributed by atoms with E-state index in [-0.39, 0.29) is 5.41 Å². The number of para-hydroxylation sites is 1. The van der Waals surface area contributed by atoms with Gasteiger partial charge in [-0.1, -0.05) is 85.8 Å². The van der Waals surface area contributed by atoms with Crippen molar-refractivity contribution in [3.63, 3.8) is 0 Å². The first-order valence-corrected chi connectivity index (χ1v) is 10.4. The number of anilines is 2. The number of nitrogens with one attached hydrogen (secondary N) is 1. The first kappa shape index (κ1) is 16.6. The zero-order chi connectivity index (χ0) is 19.6. The van der Waals surface area contributed by atoms with Crippen molar-refractivity contribution in [3.8, 4) is 0 Å². The summed E-state index contributed by atoms with van der Waals surface area (Å²) in [5, 5.41) is 3.74. The van der Waals surface area contributed by atoms with Crippen LogP contribution in [0, 0.1) is 6.92 Å². The van der Waals surface area contributed by atoms with Crippen LogP contribution < -0.4 is 5.32 Å². The third kappa shape index (κ3) is 2.00. The molecule has 0 amide bonds.